The van der Waals surface area contributed by atoms with Crippen LogP contribution in [0.25, 0.3) is 28.3 Å². The summed E-state index contributed by atoms with van der Waals surface area (Å²) in [7, 11) is 4.74. The summed E-state index contributed by atoms with van der Waals surface area (Å²) in [6.45, 7) is 2.44. The van der Waals surface area contributed by atoms with Crippen molar-refractivity contribution in [1.82, 2.24) is 28.3 Å². The van der Waals surface area contributed by atoms with Gasteiger partial charge in [-0.15, -0.1) is 10.2 Å². The summed E-state index contributed by atoms with van der Waals surface area (Å²) in [5.74, 6) is 1.75. The smallest absolute Gasteiger partial charge is 0.332 e. The number of benzene rings is 2. The molecule has 2 aromatic carbocycles. The molecule has 0 unspecified atom stereocenters. The number of fused-ring (bicyclic) bond motifs is 3. The number of rotatable bonds is 4. The lowest BCUT2D eigenvalue weighted by Crippen LogP contribution is -2.37. The molecule has 0 N–H and O–H groups in total. The van der Waals surface area contributed by atoms with Gasteiger partial charge in [-0.2, -0.15) is 0 Å². The van der Waals surface area contributed by atoms with Gasteiger partial charge in [0, 0.05) is 19.7 Å². The Bertz CT molecular complexity index is 1580. The molecule has 0 aliphatic carbocycles. The number of ether oxygens (including phenoxy) is 1. The van der Waals surface area contributed by atoms with Gasteiger partial charge in [0.25, 0.3) is 5.56 Å². The first-order valence-electron chi connectivity index (χ1n) is 10.1. The normalized spacial score (nSPS) is 11.5. The fourth-order valence-electron chi connectivity index (χ4n) is 4.01. The van der Waals surface area contributed by atoms with Crippen LogP contribution in [0.2, 0.25) is 0 Å². The van der Waals surface area contributed by atoms with Crippen molar-refractivity contribution in [3.63, 3.8) is 0 Å². The molecular weight excluding hydrogens is 408 g/mol. The first-order valence-corrected chi connectivity index (χ1v) is 10.1. The van der Waals surface area contributed by atoms with E-state index in [4.69, 9.17) is 4.74 Å². The molecule has 0 aliphatic rings. The van der Waals surface area contributed by atoms with E-state index in [0.29, 0.717) is 29.3 Å². The van der Waals surface area contributed by atoms with E-state index in [-0.39, 0.29) is 5.56 Å². The lowest BCUT2D eigenvalue weighted by Gasteiger charge is -2.08. The van der Waals surface area contributed by atoms with Crippen LogP contribution in [-0.2, 0) is 20.6 Å². The van der Waals surface area contributed by atoms with E-state index < -0.39 is 5.69 Å². The van der Waals surface area contributed by atoms with Crippen LogP contribution in [0.15, 0.2) is 58.1 Å². The molecule has 0 radical (unpaired) electrons. The molecule has 9 heteroatoms. The van der Waals surface area contributed by atoms with Crippen molar-refractivity contribution in [3.05, 3.63) is 80.5 Å². The van der Waals surface area contributed by atoms with Crippen LogP contribution < -0.4 is 16.0 Å². The van der Waals surface area contributed by atoms with Gasteiger partial charge in [0.15, 0.2) is 17.0 Å². The molecule has 3 aromatic heterocycles. The third-order valence-corrected chi connectivity index (χ3v) is 5.79. The number of methoxy groups -OCH3 is 1. The van der Waals surface area contributed by atoms with Crippen molar-refractivity contribution in [2.24, 2.45) is 14.1 Å². The van der Waals surface area contributed by atoms with Crippen LogP contribution >= 0.6 is 0 Å². The van der Waals surface area contributed by atoms with Gasteiger partial charge in [0.1, 0.15) is 5.75 Å². The average molecular weight is 430 g/mol. The first kappa shape index (κ1) is 19.8. The Labute approximate surface area is 182 Å². The molecule has 5 aromatic rings. The number of aromatic nitrogens is 6. The Morgan fingerprint density at radius 1 is 0.906 bits per heavy atom. The second kappa shape index (κ2) is 7.23. The fourth-order valence-corrected chi connectivity index (χ4v) is 4.01. The highest BCUT2D eigenvalue weighted by Gasteiger charge is 2.24. The quantitative estimate of drug-likeness (QED) is 0.436. The molecule has 0 bridgehead atoms. The summed E-state index contributed by atoms with van der Waals surface area (Å²) in [6.07, 6.45) is 0. The van der Waals surface area contributed by atoms with E-state index in [2.05, 4.69) is 10.2 Å². The molecular formula is C23H22N6O3. The summed E-state index contributed by atoms with van der Waals surface area (Å²) in [5, 5.41) is 8.81. The molecule has 0 aliphatic heterocycles. The predicted octanol–water partition coefficient (Wildman–Crippen LogP) is 2.11. The zero-order valence-electron chi connectivity index (χ0n) is 18.2. The highest BCUT2D eigenvalue weighted by Crippen LogP contribution is 2.26. The maximum absolute atomic E-state index is 13.2. The van der Waals surface area contributed by atoms with Crippen molar-refractivity contribution in [3.8, 4) is 17.1 Å². The second-order valence-corrected chi connectivity index (χ2v) is 7.84. The van der Waals surface area contributed by atoms with Crippen molar-refractivity contribution >= 4 is 16.9 Å². The van der Waals surface area contributed by atoms with Gasteiger partial charge in [-0.25, -0.2) is 9.20 Å². The summed E-state index contributed by atoms with van der Waals surface area (Å²) in [4.78, 5) is 26.0. The van der Waals surface area contributed by atoms with Crippen LogP contribution in [0, 0.1) is 6.92 Å². The SMILES string of the molecule is COc1ccc(-c2nnc3n(Cc4ccc(C)cc4)c4c(=O)n(C)c(=O)n(C)c4n23)cc1. The third kappa shape index (κ3) is 2.85. The molecule has 0 amide bonds. The van der Waals surface area contributed by atoms with Crippen molar-refractivity contribution in [2.45, 2.75) is 13.5 Å². The summed E-state index contributed by atoms with van der Waals surface area (Å²) in [5.41, 5.74) is 3.03. The molecule has 0 atom stereocenters. The van der Waals surface area contributed by atoms with Crippen molar-refractivity contribution in [1.29, 1.82) is 0 Å². The van der Waals surface area contributed by atoms with Gasteiger partial charge in [0.05, 0.1) is 13.7 Å². The molecule has 9 nitrogen and oxygen atoms in total. The minimum absolute atomic E-state index is 0.374. The van der Waals surface area contributed by atoms with E-state index in [1.807, 2.05) is 60.0 Å². The Balaban J connectivity index is 1.86. The first-order chi connectivity index (χ1) is 15.4. The Morgan fingerprint density at radius 2 is 1.59 bits per heavy atom. The third-order valence-electron chi connectivity index (χ3n) is 5.79. The standard InChI is InChI=1S/C23H22N6O3/c1-14-5-7-15(8-6-14)13-28-18-20(26(2)23(31)27(3)21(18)30)29-19(24-25-22(28)29)16-9-11-17(32-4)12-10-16/h5-12H,13H2,1-4H3. The number of nitrogens with zero attached hydrogens (tertiary/aromatic N) is 6. The zero-order valence-corrected chi connectivity index (χ0v) is 18.2. The van der Waals surface area contributed by atoms with Gasteiger partial charge in [-0.3, -0.25) is 18.5 Å². The largest absolute Gasteiger partial charge is 0.497 e. The topological polar surface area (TPSA) is 88.3 Å². The van der Waals surface area contributed by atoms with Crippen LogP contribution in [0.3, 0.4) is 0 Å². The summed E-state index contributed by atoms with van der Waals surface area (Å²) in [6, 6.07) is 15.5. The Kier molecular flexibility index (Phi) is 4.47. The molecule has 162 valence electrons. The van der Waals surface area contributed by atoms with Gasteiger partial charge in [-0.1, -0.05) is 29.8 Å². The maximum atomic E-state index is 13.2. The van der Waals surface area contributed by atoms with E-state index in [1.54, 1.807) is 18.6 Å². The van der Waals surface area contributed by atoms with E-state index in [0.717, 1.165) is 27.0 Å². The van der Waals surface area contributed by atoms with Gasteiger partial charge in [-0.05, 0) is 36.8 Å². The highest BCUT2D eigenvalue weighted by atomic mass is 16.5. The molecule has 0 saturated heterocycles. The van der Waals surface area contributed by atoms with Gasteiger partial charge >= 0.3 is 5.69 Å². The van der Waals surface area contributed by atoms with Crippen molar-refractivity contribution in [2.75, 3.05) is 7.11 Å². The van der Waals surface area contributed by atoms with Gasteiger partial charge < -0.3 is 4.74 Å². The molecule has 5 rings (SSSR count). The minimum Gasteiger partial charge on any atom is -0.497 e. The molecule has 0 spiro atoms. The monoisotopic (exact) mass is 430 g/mol. The number of aryl methyl sites for hydroxylation is 2. The number of hydrogen-bond acceptors (Lipinski definition) is 5. The van der Waals surface area contributed by atoms with Crippen molar-refractivity contribution < 1.29 is 4.74 Å². The number of imidazole rings is 1. The maximum Gasteiger partial charge on any atom is 0.332 e. The lowest BCUT2D eigenvalue weighted by molar-refractivity contribution is 0.415. The minimum atomic E-state index is -0.411. The Morgan fingerprint density at radius 3 is 2.25 bits per heavy atom. The van der Waals surface area contributed by atoms with E-state index >= 15 is 0 Å². The van der Waals surface area contributed by atoms with E-state index in [9.17, 15) is 9.59 Å². The summed E-state index contributed by atoms with van der Waals surface area (Å²) >= 11 is 0. The molecule has 0 fully saturated rings. The zero-order chi connectivity index (χ0) is 22.6. The van der Waals surface area contributed by atoms with Crippen LogP contribution in [0.5, 0.6) is 5.75 Å². The second-order valence-electron chi connectivity index (χ2n) is 7.84. The number of hydrogen-bond donors (Lipinski definition) is 0. The molecule has 0 saturated carbocycles. The molecule has 32 heavy (non-hydrogen) atoms. The van der Waals surface area contributed by atoms with Crippen LogP contribution in [-0.4, -0.2) is 35.4 Å². The average Bonchev–Trinajstić information content (AvgIpc) is 3.37. The Hall–Kier alpha value is -4.14. The van der Waals surface area contributed by atoms with Gasteiger partial charge in [0.2, 0.25) is 5.78 Å². The summed E-state index contributed by atoms with van der Waals surface area (Å²) < 4.78 is 11.4. The van der Waals surface area contributed by atoms with Crippen LogP contribution in [0.1, 0.15) is 11.1 Å². The van der Waals surface area contributed by atoms with Crippen LogP contribution in [0.4, 0.5) is 0 Å². The molecule has 3 heterocycles. The highest BCUT2D eigenvalue weighted by molar-refractivity contribution is 5.80. The fraction of sp³-hybridized carbons (Fsp3) is 0.217. The van der Waals surface area contributed by atoms with E-state index in [1.165, 1.54) is 11.6 Å². The predicted molar refractivity (Wildman–Crippen MR) is 121 cm³/mol. The lowest BCUT2D eigenvalue weighted by atomic mass is 10.1.